The molecule has 25 heavy (non-hydrogen) atoms. The maximum Gasteiger partial charge on any atom is 0.247 e. The quantitative estimate of drug-likeness (QED) is 0.840. The smallest absolute Gasteiger partial charge is 0.247 e. The third-order valence-electron chi connectivity index (χ3n) is 6.11. The number of ether oxygens (including phenoxy) is 2. The molecule has 2 N–H and O–H groups in total. The molecule has 2 saturated heterocycles. The highest BCUT2D eigenvalue weighted by Crippen LogP contribution is 2.42. The fourth-order valence-corrected chi connectivity index (χ4v) is 4.25. The summed E-state index contributed by atoms with van der Waals surface area (Å²) in [6.45, 7) is 4.14. The van der Waals surface area contributed by atoms with Crippen molar-refractivity contribution >= 4 is 17.3 Å². The highest BCUT2D eigenvalue weighted by Gasteiger charge is 2.36. The Labute approximate surface area is 148 Å². The van der Waals surface area contributed by atoms with Gasteiger partial charge in [-0.05, 0) is 49.3 Å². The number of hydrogen-bond donors (Lipinski definition) is 1. The molecule has 1 amide bonds. The molecule has 2 fully saturated rings. The summed E-state index contributed by atoms with van der Waals surface area (Å²) in [6.07, 6.45) is 4.80. The van der Waals surface area contributed by atoms with Crippen LogP contribution in [-0.2, 0) is 9.53 Å². The number of benzene rings is 1. The topological polar surface area (TPSA) is 68.0 Å². The van der Waals surface area contributed by atoms with Gasteiger partial charge in [-0.25, -0.2) is 0 Å². The van der Waals surface area contributed by atoms with E-state index in [0.29, 0.717) is 5.41 Å². The van der Waals surface area contributed by atoms with Gasteiger partial charge in [0.25, 0.3) is 0 Å². The van der Waals surface area contributed by atoms with Crippen molar-refractivity contribution in [2.45, 2.75) is 31.7 Å². The summed E-state index contributed by atoms with van der Waals surface area (Å²) in [5.41, 5.74) is 8.31. The van der Waals surface area contributed by atoms with Crippen LogP contribution in [0.4, 0.5) is 11.4 Å². The van der Waals surface area contributed by atoms with Crippen molar-refractivity contribution < 1.29 is 14.3 Å². The van der Waals surface area contributed by atoms with Crippen molar-refractivity contribution in [3.05, 3.63) is 18.2 Å². The summed E-state index contributed by atoms with van der Waals surface area (Å²) in [7, 11) is 1.77. The number of carbonyl (C=O) groups excluding carboxylic acids is 1. The molecule has 1 aromatic carbocycles. The molecule has 3 aliphatic heterocycles. The van der Waals surface area contributed by atoms with Crippen LogP contribution in [0.15, 0.2) is 18.2 Å². The molecule has 0 bridgehead atoms. The zero-order valence-corrected chi connectivity index (χ0v) is 14.9. The van der Waals surface area contributed by atoms with Gasteiger partial charge < -0.3 is 25.0 Å². The summed E-state index contributed by atoms with van der Waals surface area (Å²) in [5.74, 6) is 0.626. The highest BCUT2D eigenvalue weighted by molar-refractivity contribution is 5.99. The molecule has 136 valence electrons. The van der Waals surface area contributed by atoms with E-state index in [1.54, 1.807) is 11.9 Å². The summed E-state index contributed by atoms with van der Waals surface area (Å²) in [4.78, 5) is 16.3. The van der Waals surface area contributed by atoms with E-state index in [0.717, 1.165) is 43.4 Å². The zero-order chi connectivity index (χ0) is 17.4. The van der Waals surface area contributed by atoms with E-state index in [-0.39, 0.29) is 12.5 Å². The number of amides is 1. The summed E-state index contributed by atoms with van der Waals surface area (Å²) >= 11 is 0. The third kappa shape index (κ3) is 3.09. The van der Waals surface area contributed by atoms with Crippen LogP contribution in [0, 0.1) is 5.41 Å². The molecule has 4 rings (SSSR count). The Balaban J connectivity index is 1.52. The molecular formula is C19H27N3O3. The standard InChI is InChI=1S/C19H27N3O3/c1-21-16-12-14(2-3-17(16)25-13-15(20)18(21)23)22-8-4-19(5-9-22)6-10-24-11-7-19/h2-3,12,15H,4-11,13,20H2,1H3/t15-/m0/s1. The Hall–Kier alpha value is -1.79. The fourth-order valence-electron chi connectivity index (χ4n) is 4.25. The van der Waals surface area contributed by atoms with Crippen LogP contribution in [0.3, 0.4) is 0 Å². The molecule has 6 heteroatoms. The van der Waals surface area contributed by atoms with E-state index in [2.05, 4.69) is 17.0 Å². The predicted molar refractivity (Wildman–Crippen MR) is 97.3 cm³/mol. The van der Waals surface area contributed by atoms with E-state index in [4.69, 9.17) is 15.2 Å². The van der Waals surface area contributed by atoms with Gasteiger partial charge in [0, 0.05) is 39.0 Å². The number of fused-ring (bicyclic) bond motifs is 1. The van der Waals surface area contributed by atoms with Crippen molar-refractivity contribution in [2.75, 3.05) is 49.8 Å². The Bertz CT molecular complexity index is 647. The van der Waals surface area contributed by atoms with Gasteiger partial charge in [-0.15, -0.1) is 0 Å². The molecule has 1 atom stereocenters. The van der Waals surface area contributed by atoms with Crippen LogP contribution < -0.4 is 20.3 Å². The molecule has 0 radical (unpaired) electrons. The second-order valence-corrected chi connectivity index (χ2v) is 7.57. The molecular weight excluding hydrogens is 318 g/mol. The van der Waals surface area contributed by atoms with Gasteiger partial charge >= 0.3 is 0 Å². The maximum absolute atomic E-state index is 12.3. The molecule has 0 unspecified atom stereocenters. The fraction of sp³-hybridized carbons (Fsp3) is 0.632. The van der Waals surface area contributed by atoms with Gasteiger partial charge in [0.05, 0.1) is 5.69 Å². The first-order valence-corrected chi connectivity index (χ1v) is 9.21. The van der Waals surface area contributed by atoms with E-state index in [1.165, 1.54) is 25.7 Å². The molecule has 1 aromatic rings. The van der Waals surface area contributed by atoms with Crippen LogP contribution in [0.5, 0.6) is 5.75 Å². The monoisotopic (exact) mass is 345 g/mol. The molecule has 1 spiro atoms. The summed E-state index contributed by atoms with van der Waals surface area (Å²) in [5, 5.41) is 0. The maximum atomic E-state index is 12.3. The van der Waals surface area contributed by atoms with Crippen LogP contribution in [0.25, 0.3) is 0 Å². The van der Waals surface area contributed by atoms with Crippen molar-refractivity contribution in [3.8, 4) is 5.75 Å². The van der Waals surface area contributed by atoms with Crippen LogP contribution in [0.1, 0.15) is 25.7 Å². The second kappa shape index (κ2) is 6.50. The van der Waals surface area contributed by atoms with Crippen molar-refractivity contribution in [1.82, 2.24) is 0 Å². The number of nitrogens with zero attached hydrogens (tertiary/aromatic N) is 2. The first-order chi connectivity index (χ1) is 12.1. The molecule has 3 aliphatic rings. The van der Waals surface area contributed by atoms with Gasteiger partial charge in [-0.1, -0.05) is 0 Å². The number of likely N-dealkylation sites (N-methyl/N-ethyl adjacent to an activating group) is 1. The minimum absolute atomic E-state index is 0.101. The lowest BCUT2D eigenvalue weighted by Crippen LogP contribution is -2.43. The van der Waals surface area contributed by atoms with E-state index in [1.807, 2.05) is 6.07 Å². The molecule has 0 aliphatic carbocycles. The van der Waals surface area contributed by atoms with Gasteiger partial charge in [0.2, 0.25) is 5.91 Å². The van der Waals surface area contributed by atoms with Crippen molar-refractivity contribution in [3.63, 3.8) is 0 Å². The van der Waals surface area contributed by atoms with Crippen molar-refractivity contribution in [2.24, 2.45) is 11.1 Å². The summed E-state index contributed by atoms with van der Waals surface area (Å²) < 4.78 is 11.3. The first kappa shape index (κ1) is 16.7. The van der Waals surface area contributed by atoms with Gasteiger partial charge in [0.15, 0.2) is 0 Å². The zero-order valence-electron chi connectivity index (χ0n) is 14.9. The Morgan fingerprint density at radius 2 is 1.88 bits per heavy atom. The van der Waals surface area contributed by atoms with E-state index >= 15 is 0 Å². The first-order valence-electron chi connectivity index (χ1n) is 9.21. The number of rotatable bonds is 1. The second-order valence-electron chi connectivity index (χ2n) is 7.57. The van der Waals surface area contributed by atoms with Crippen LogP contribution in [-0.4, -0.2) is 51.9 Å². The normalized spacial score (nSPS) is 26.2. The number of carbonyl (C=O) groups is 1. The molecule has 3 heterocycles. The molecule has 0 saturated carbocycles. The van der Waals surface area contributed by atoms with Crippen molar-refractivity contribution in [1.29, 1.82) is 0 Å². The van der Waals surface area contributed by atoms with Gasteiger partial charge in [-0.3, -0.25) is 4.79 Å². The number of anilines is 2. The van der Waals surface area contributed by atoms with E-state index in [9.17, 15) is 4.79 Å². The Morgan fingerprint density at radius 1 is 1.16 bits per heavy atom. The lowest BCUT2D eigenvalue weighted by atomic mass is 9.72. The Kier molecular flexibility index (Phi) is 4.33. The van der Waals surface area contributed by atoms with E-state index < -0.39 is 6.04 Å². The average molecular weight is 345 g/mol. The number of nitrogens with two attached hydrogens (primary N) is 1. The highest BCUT2D eigenvalue weighted by atomic mass is 16.5. The number of hydrogen-bond acceptors (Lipinski definition) is 5. The summed E-state index contributed by atoms with van der Waals surface area (Å²) in [6, 6.07) is 5.51. The minimum Gasteiger partial charge on any atom is -0.489 e. The van der Waals surface area contributed by atoms with Crippen LogP contribution in [0.2, 0.25) is 0 Å². The SMILES string of the molecule is CN1C(=O)[C@@H](N)COc2ccc(N3CCC4(CCOCC4)CC3)cc21. The molecule has 6 nitrogen and oxygen atoms in total. The minimum atomic E-state index is -0.607. The predicted octanol–water partition coefficient (Wildman–Crippen LogP) is 1.77. The number of piperidine rings is 1. The average Bonchev–Trinajstić information content (AvgIpc) is 2.75. The third-order valence-corrected chi connectivity index (χ3v) is 6.11. The lowest BCUT2D eigenvalue weighted by Gasteiger charge is -2.45. The van der Waals surface area contributed by atoms with Crippen LogP contribution >= 0.6 is 0 Å². The lowest BCUT2D eigenvalue weighted by molar-refractivity contribution is -0.119. The van der Waals surface area contributed by atoms with Gasteiger partial charge in [0.1, 0.15) is 18.4 Å². The molecule has 0 aromatic heterocycles. The largest absolute Gasteiger partial charge is 0.489 e. The van der Waals surface area contributed by atoms with Gasteiger partial charge in [-0.2, -0.15) is 0 Å². The Morgan fingerprint density at radius 3 is 2.60 bits per heavy atom.